The second kappa shape index (κ2) is 6.30. The SMILES string of the molecule is Cc1c(Cl)c(C)c(C=Nc2cccc3cccnc23)c(O)c1Br. The first kappa shape index (κ1) is 16.0. The highest BCUT2D eigenvalue weighted by molar-refractivity contribution is 9.10. The van der Waals surface area contributed by atoms with Gasteiger partial charge in [-0.25, -0.2) is 0 Å². The Balaban J connectivity index is 2.14. The van der Waals surface area contributed by atoms with Crippen LogP contribution in [0.3, 0.4) is 0 Å². The van der Waals surface area contributed by atoms with Crippen LogP contribution >= 0.6 is 27.5 Å². The van der Waals surface area contributed by atoms with E-state index in [9.17, 15) is 5.11 Å². The Bertz CT molecular complexity index is 903. The number of aromatic hydroxyl groups is 1. The summed E-state index contributed by atoms with van der Waals surface area (Å²) in [7, 11) is 0. The number of para-hydroxylation sites is 1. The summed E-state index contributed by atoms with van der Waals surface area (Å²) in [5, 5.41) is 12.0. The Morgan fingerprint density at radius 3 is 2.70 bits per heavy atom. The van der Waals surface area contributed by atoms with Gasteiger partial charge in [0.1, 0.15) is 5.75 Å². The van der Waals surface area contributed by atoms with Crippen LogP contribution in [0, 0.1) is 13.8 Å². The fourth-order valence-corrected chi connectivity index (χ4v) is 3.18. The number of benzene rings is 2. The zero-order valence-corrected chi connectivity index (χ0v) is 15.0. The van der Waals surface area contributed by atoms with Gasteiger partial charge in [0, 0.05) is 28.4 Å². The lowest BCUT2D eigenvalue weighted by Gasteiger charge is -2.12. The van der Waals surface area contributed by atoms with Crippen molar-refractivity contribution in [3.05, 3.63) is 62.7 Å². The van der Waals surface area contributed by atoms with Crippen molar-refractivity contribution in [1.82, 2.24) is 4.98 Å². The molecule has 3 nitrogen and oxygen atoms in total. The van der Waals surface area contributed by atoms with Gasteiger partial charge in [-0.15, -0.1) is 0 Å². The second-order valence-electron chi connectivity index (χ2n) is 5.25. The van der Waals surface area contributed by atoms with Crippen LogP contribution in [0.5, 0.6) is 5.75 Å². The maximum atomic E-state index is 10.4. The summed E-state index contributed by atoms with van der Waals surface area (Å²) in [5.74, 6) is 0.140. The van der Waals surface area contributed by atoms with E-state index in [0.29, 0.717) is 15.1 Å². The lowest BCUT2D eigenvalue weighted by atomic mass is 10.0. The van der Waals surface area contributed by atoms with Crippen LogP contribution < -0.4 is 0 Å². The summed E-state index contributed by atoms with van der Waals surface area (Å²) in [6, 6.07) is 9.69. The number of aromatic nitrogens is 1. The van der Waals surface area contributed by atoms with E-state index >= 15 is 0 Å². The van der Waals surface area contributed by atoms with Crippen molar-refractivity contribution in [3.8, 4) is 5.75 Å². The molecule has 0 atom stereocenters. The second-order valence-corrected chi connectivity index (χ2v) is 6.42. The Hall–Kier alpha value is -1.91. The van der Waals surface area contributed by atoms with Crippen molar-refractivity contribution in [2.45, 2.75) is 13.8 Å². The van der Waals surface area contributed by atoms with Crippen molar-refractivity contribution in [1.29, 1.82) is 0 Å². The minimum absolute atomic E-state index is 0.140. The van der Waals surface area contributed by atoms with Gasteiger partial charge in [-0.2, -0.15) is 0 Å². The number of aliphatic imine (C=N–C) groups is 1. The predicted molar refractivity (Wildman–Crippen MR) is 99.3 cm³/mol. The number of hydrogen-bond donors (Lipinski definition) is 1. The van der Waals surface area contributed by atoms with E-state index in [1.54, 1.807) is 12.4 Å². The van der Waals surface area contributed by atoms with Gasteiger partial charge in [-0.05, 0) is 53.0 Å². The molecule has 23 heavy (non-hydrogen) atoms. The topological polar surface area (TPSA) is 45.5 Å². The summed E-state index contributed by atoms with van der Waals surface area (Å²) < 4.78 is 0.589. The average Bonchev–Trinajstić information content (AvgIpc) is 2.58. The predicted octanol–water partition coefficient (Wildman–Crippen LogP) is 5.72. The van der Waals surface area contributed by atoms with Gasteiger partial charge in [0.25, 0.3) is 0 Å². The number of nitrogens with zero attached hydrogens (tertiary/aromatic N) is 2. The average molecular weight is 390 g/mol. The summed E-state index contributed by atoms with van der Waals surface area (Å²) in [6.45, 7) is 3.72. The molecule has 0 bridgehead atoms. The summed E-state index contributed by atoms with van der Waals surface area (Å²) in [5.41, 5.74) is 3.77. The highest BCUT2D eigenvalue weighted by atomic mass is 79.9. The lowest BCUT2D eigenvalue weighted by molar-refractivity contribution is 0.470. The molecule has 0 amide bonds. The summed E-state index contributed by atoms with van der Waals surface area (Å²) in [4.78, 5) is 8.89. The van der Waals surface area contributed by atoms with Crippen LogP contribution in [0.1, 0.15) is 16.7 Å². The van der Waals surface area contributed by atoms with E-state index in [4.69, 9.17) is 11.6 Å². The van der Waals surface area contributed by atoms with E-state index < -0.39 is 0 Å². The monoisotopic (exact) mass is 388 g/mol. The Morgan fingerprint density at radius 1 is 1.17 bits per heavy atom. The molecular formula is C18H14BrClN2O. The van der Waals surface area contributed by atoms with Crippen LogP contribution in [0.2, 0.25) is 5.02 Å². The largest absolute Gasteiger partial charge is 0.506 e. The Kier molecular flexibility index (Phi) is 4.37. The third-order valence-corrected chi connectivity index (χ3v) is 5.34. The molecule has 116 valence electrons. The molecule has 1 N–H and O–H groups in total. The number of pyridine rings is 1. The fraction of sp³-hybridized carbons (Fsp3) is 0.111. The van der Waals surface area contributed by atoms with Gasteiger partial charge in [0.05, 0.1) is 15.7 Å². The van der Waals surface area contributed by atoms with E-state index in [2.05, 4.69) is 25.9 Å². The van der Waals surface area contributed by atoms with Gasteiger partial charge in [-0.1, -0.05) is 29.8 Å². The number of phenolic OH excluding ortho intramolecular Hbond substituents is 1. The van der Waals surface area contributed by atoms with Crippen LogP contribution in [0.25, 0.3) is 10.9 Å². The lowest BCUT2D eigenvalue weighted by Crippen LogP contribution is -1.94. The van der Waals surface area contributed by atoms with Crippen molar-refractivity contribution >= 4 is 50.3 Å². The molecule has 3 rings (SSSR count). The minimum Gasteiger partial charge on any atom is -0.506 e. The molecule has 0 radical (unpaired) electrons. The Morgan fingerprint density at radius 2 is 1.91 bits per heavy atom. The zero-order valence-electron chi connectivity index (χ0n) is 12.6. The highest BCUT2D eigenvalue weighted by Crippen LogP contribution is 2.38. The standard InChI is InChI=1S/C18H14BrClN2O/c1-10-13(18(23)15(19)11(2)16(10)20)9-22-14-7-3-5-12-6-4-8-21-17(12)14/h3-9,23H,1-2H3. The van der Waals surface area contributed by atoms with Gasteiger partial charge in [-0.3, -0.25) is 9.98 Å². The number of fused-ring (bicyclic) bond motifs is 1. The van der Waals surface area contributed by atoms with Crippen molar-refractivity contribution in [3.63, 3.8) is 0 Å². The minimum atomic E-state index is 0.140. The molecule has 0 aliphatic heterocycles. The molecule has 0 aliphatic rings. The molecule has 3 aromatic rings. The van der Waals surface area contributed by atoms with Gasteiger partial charge >= 0.3 is 0 Å². The maximum Gasteiger partial charge on any atom is 0.139 e. The molecule has 0 saturated heterocycles. The molecule has 2 aromatic carbocycles. The van der Waals surface area contributed by atoms with Crippen molar-refractivity contribution in [2.24, 2.45) is 4.99 Å². The smallest absolute Gasteiger partial charge is 0.139 e. The molecule has 5 heteroatoms. The van der Waals surface area contributed by atoms with Gasteiger partial charge < -0.3 is 5.11 Å². The van der Waals surface area contributed by atoms with Gasteiger partial charge in [0.2, 0.25) is 0 Å². The fourth-order valence-electron chi connectivity index (χ4n) is 2.45. The highest BCUT2D eigenvalue weighted by Gasteiger charge is 2.15. The third-order valence-electron chi connectivity index (χ3n) is 3.80. The van der Waals surface area contributed by atoms with Crippen molar-refractivity contribution in [2.75, 3.05) is 0 Å². The van der Waals surface area contributed by atoms with E-state index in [0.717, 1.165) is 27.7 Å². The summed E-state index contributed by atoms with van der Waals surface area (Å²) in [6.07, 6.45) is 3.37. The number of hydrogen-bond acceptors (Lipinski definition) is 3. The molecule has 0 unspecified atom stereocenters. The number of halogens is 2. The van der Waals surface area contributed by atoms with E-state index in [-0.39, 0.29) is 5.75 Å². The van der Waals surface area contributed by atoms with Crippen molar-refractivity contribution < 1.29 is 5.11 Å². The van der Waals surface area contributed by atoms with Crippen LogP contribution in [-0.4, -0.2) is 16.3 Å². The maximum absolute atomic E-state index is 10.4. The first-order chi connectivity index (χ1) is 11.0. The first-order valence-electron chi connectivity index (χ1n) is 7.05. The van der Waals surface area contributed by atoms with Crippen LogP contribution in [0.4, 0.5) is 5.69 Å². The molecule has 0 spiro atoms. The molecular weight excluding hydrogens is 376 g/mol. The summed E-state index contributed by atoms with van der Waals surface area (Å²) >= 11 is 9.69. The first-order valence-corrected chi connectivity index (χ1v) is 8.22. The molecule has 0 fully saturated rings. The quantitative estimate of drug-likeness (QED) is 0.569. The van der Waals surface area contributed by atoms with E-state index in [1.165, 1.54) is 0 Å². The number of phenols is 1. The number of rotatable bonds is 2. The Labute approximate surface area is 147 Å². The molecule has 1 aromatic heterocycles. The third kappa shape index (κ3) is 2.84. The molecule has 1 heterocycles. The van der Waals surface area contributed by atoms with Gasteiger partial charge in [0.15, 0.2) is 0 Å². The van der Waals surface area contributed by atoms with E-state index in [1.807, 2.05) is 44.2 Å². The normalized spacial score (nSPS) is 11.5. The van der Waals surface area contributed by atoms with Crippen LogP contribution in [0.15, 0.2) is 46.0 Å². The molecule has 0 aliphatic carbocycles. The van der Waals surface area contributed by atoms with Crippen LogP contribution in [-0.2, 0) is 0 Å². The molecule has 0 saturated carbocycles. The zero-order chi connectivity index (χ0) is 16.6.